The summed E-state index contributed by atoms with van der Waals surface area (Å²) in [4.78, 5) is 21.7. The van der Waals surface area contributed by atoms with Gasteiger partial charge in [0.25, 0.3) is 0 Å². The van der Waals surface area contributed by atoms with Gasteiger partial charge in [-0.1, -0.05) is 0 Å². The lowest BCUT2D eigenvalue weighted by molar-refractivity contribution is -0.262. The third-order valence-corrected chi connectivity index (χ3v) is 10.2. The van der Waals surface area contributed by atoms with Crippen molar-refractivity contribution in [1.29, 1.82) is 0 Å². The number of amides is 2. The van der Waals surface area contributed by atoms with Gasteiger partial charge in [-0.05, 0) is 61.7 Å². The zero-order valence-electron chi connectivity index (χ0n) is 20.1. The molecular weight excluding hydrogens is 471 g/mol. The number of aromatic amines is 1. The number of nitrogens with one attached hydrogen (secondary N) is 1. The van der Waals surface area contributed by atoms with E-state index < -0.39 is 11.7 Å². The standard InChI is InChI=1S/C25H30F3N7O/c26-25(27,28)17-5-29-35(8-17)14-23-9-24(10-23,11-23)18-6-33(7-18)21(36)34-12-22(13-34)3-16(4-22)20-30-19(31-32-20)15-1-2-15/h5,8,15-16,18H,1-4,6-7,9-14H2,(H,30,31,32). The van der Waals surface area contributed by atoms with Gasteiger partial charge in [-0.25, -0.2) is 9.78 Å². The van der Waals surface area contributed by atoms with Crippen LogP contribution in [-0.4, -0.2) is 67.0 Å². The number of hydrogen-bond donors (Lipinski definition) is 1. The van der Waals surface area contributed by atoms with E-state index in [4.69, 9.17) is 4.98 Å². The molecule has 2 bridgehead atoms. The van der Waals surface area contributed by atoms with Crippen LogP contribution in [0.5, 0.6) is 0 Å². The molecule has 11 heteroatoms. The predicted molar refractivity (Wildman–Crippen MR) is 121 cm³/mol. The van der Waals surface area contributed by atoms with Gasteiger partial charge in [0, 0.05) is 56.2 Å². The quantitative estimate of drug-likeness (QED) is 0.672. The molecular formula is C25H30F3N7O. The zero-order valence-corrected chi connectivity index (χ0v) is 20.1. The van der Waals surface area contributed by atoms with E-state index in [9.17, 15) is 18.0 Å². The average molecular weight is 502 g/mol. The second kappa shape index (κ2) is 6.64. The van der Waals surface area contributed by atoms with Crippen molar-refractivity contribution in [3.8, 4) is 0 Å². The van der Waals surface area contributed by atoms with Gasteiger partial charge in [0.2, 0.25) is 0 Å². The maximum absolute atomic E-state index is 13.0. The summed E-state index contributed by atoms with van der Waals surface area (Å²) in [5, 5.41) is 11.5. The first-order valence-electron chi connectivity index (χ1n) is 13.2. The Morgan fingerprint density at radius 1 is 1.08 bits per heavy atom. The van der Waals surface area contributed by atoms with Crippen molar-refractivity contribution >= 4 is 6.03 Å². The van der Waals surface area contributed by atoms with E-state index >= 15 is 0 Å². The van der Waals surface area contributed by atoms with E-state index in [1.165, 1.54) is 17.5 Å². The molecule has 2 saturated heterocycles. The molecule has 5 saturated carbocycles. The molecule has 7 aliphatic rings. The highest BCUT2D eigenvalue weighted by atomic mass is 19.4. The van der Waals surface area contributed by atoms with Crippen LogP contribution in [0.1, 0.15) is 74.0 Å². The van der Waals surface area contributed by atoms with Crippen LogP contribution < -0.4 is 0 Å². The number of carbonyl (C=O) groups is 1. The number of H-pyrrole nitrogens is 1. The van der Waals surface area contributed by atoms with Crippen molar-refractivity contribution in [2.45, 2.75) is 69.5 Å². The second-order valence-corrected chi connectivity index (χ2v) is 13.0. The Kier molecular flexibility index (Phi) is 3.96. The van der Waals surface area contributed by atoms with E-state index in [0.717, 1.165) is 82.3 Å². The Labute approximate surface area is 206 Å². The SMILES string of the molecule is O=C(N1CC(C23CC(Cn4cc(C(F)(F)F)cn4)(C2)C3)C1)N1CC2(CC(c3nc(C4CC4)n[nH]3)C2)C1. The highest BCUT2D eigenvalue weighted by molar-refractivity contribution is 5.76. The number of halogens is 3. The summed E-state index contributed by atoms with van der Waals surface area (Å²) in [5.74, 6) is 3.56. The van der Waals surface area contributed by atoms with Crippen LogP contribution in [0.15, 0.2) is 12.4 Å². The van der Waals surface area contributed by atoms with Crippen molar-refractivity contribution in [1.82, 2.24) is 34.8 Å². The van der Waals surface area contributed by atoms with E-state index in [0.29, 0.717) is 29.7 Å². The van der Waals surface area contributed by atoms with Crippen molar-refractivity contribution in [2.24, 2.45) is 22.2 Å². The molecule has 2 aromatic rings. The van der Waals surface area contributed by atoms with E-state index in [2.05, 4.69) is 15.3 Å². The molecule has 8 nitrogen and oxygen atoms in total. The Bertz CT molecular complexity index is 1210. The highest BCUT2D eigenvalue weighted by Crippen LogP contribution is 2.77. The minimum Gasteiger partial charge on any atom is -0.324 e. The summed E-state index contributed by atoms with van der Waals surface area (Å²) in [5.41, 5.74) is -0.00405. The molecule has 4 heterocycles. The van der Waals surface area contributed by atoms with Crippen LogP contribution in [0.25, 0.3) is 0 Å². The van der Waals surface area contributed by atoms with Gasteiger partial charge >= 0.3 is 12.2 Å². The minimum atomic E-state index is -4.34. The first-order valence-corrected chi connectivity index (χ1v) is 13.2. The Morgan fingerprint density at radius 2 is 1.81 bits per heavy atom. The number of urea groups is 1. The van der Waals surface area contributed by atoms with E-state index in [1.54, 1.807) is 0 Å². The average Bonchev–Trinajstić information content (AvgIpc) is 3.21. The molecule has 5 aliphatic carbocycles. The smallest absolute Gasteiger partial charge is 0.324 e. The fourth-order valence-electron chi connectivity index (χ4n) is 8.18. The maximum Gasteiger partial charge on any atom is 0.419 e. The summed E-state index contributed by atoms with van der Waals surface area (Å²) < 4.78 is 40.0. The van der Waals surface area contributed by atoms with E-state index in [-0.39, 0.29) is 16.9 Å². The van der Waals surface area contributed by atoms with Gasteiger partial charge in [0.1, 0.15) is 5.82 Å². The van der Waals surface area contributed by atoms with Crippen LogP contribution in [0.3, 0.4) is 0 Å². The second-order valence-electron chi connectivity index (χ2n) is 13.0. The van der Waals surface area contributed by atoms with Gasteiger partial charge in [-0.2, -0.15) is 23.4 Å². The van der Waals surface area contributed by atoms with Crippen molar-refractivity contribution < 1.29 is 18.0 Å². The molecule has 2 aromatic heterocycles. The van der Waals surface area contributed by atoms with Crippen LogP contribution in [-0.2, 0) is 12.7 Å². The summed E-state index contributed by atoms with van der Waals surface area (Å²) >= 11 is 0. The van der Waals surface area contributed by atoms with Gasteiger partial charge in [-0.3, -0.25) is 9.78 Å². The molecule has 0 aromatic carbocycles. The normalized spacial score (nSPS) is 33.0. The lowest BCUT2D eigenvalue weighted by Gasteiger charge is -2.75. The summed E-state index contributed by atoms with van der Waals surface area (Å²) in [6, 6.07) is 0.175. The van der Waals surface area contributed by atoms with Gasteiger partial charge in [0.05, 0.1) is 11.8 Å². The largest absolute Gasteiger partial charge is 0.419 e. The molecule has 2 aliphatic heterocycles. The minimum absolute atomic E-state index is 0.104. The van der Waals surface area contributed by atoms with Crippen LogP contribution in [0.4, 0.5) is 18.0 Å². The van der Waals surface area contributed by atoms with Crippen LogP contribution >= 0.6 is 0 Å². The molecule has 0 unspecified atom stereocenters. The first kappa shape index (κ1) is 21.5. The van der Waals surface area contributed by atoms with Crippen LogP contribution in [0.2, 0.25) is 0 Å². The Balaban J connectivity index is 0.786. The number of carbonyl (C=O) groups excluding carboxylic acids is 1. The molecule has 7 fully saturated rings. The lowest BCUT2D eigenvalue weighted by atomic mass is 9.31. The fraction of sp³-hybridized carbons (Fsp3) is 0.760. The predicted octanol–water partition coefficient (Wildman–Crippen LogP) is 4.00. The third-order valence-electron chi connectivity index (χ3n) is 10.2. The molecule has 0 radical (unpaired) electrons. The molecule has 36 heavy (non-hydrogen) atoms. The molecule has 1 spiro atoms. The van der Waals surface area contributed by atoms with Gasteiger partial charge in [0.15, 0.2) is 5.82 Å². The maximum atomic E-state index is 13.0. The number of likely N-dealkylation sites (tertiary alicyclic amines) is 2. The number of alkyl halides is 3. The summed E-state index contributed by atoms with van der Waals surface area (Å²) in [7, 11) is 0. The number of hydrogen-bond acceptors (Lipinski definition) is 4. The molecule has 9 rings (SSSR count). The lowest BCUT2D eigenvalue weighted by Crippen LogP contribution is -2.74. The number of aromatic nitrogens is 5. The van der Waals surface area contributed by atoms with Crippen LogP contribution in [0, 0.1) is 22.2 Å². The Hall–Kier alpha value is -2.59. The van der Waals surface area contributed by atoms with Gasteiger partial charge in [-0.15, -0.1) is 0 Å². The highest BCUT2D eigenvalue weighted by Gasteiger charge is 2.71. The molecule has 1 N–H and O–H groups in total. The summed E-state index contributed by atoms with van der Waals surface area (Å²) in [6.45, 7) is 3.91. The molecule has 192 valence electrons. The van der Waals surface area contributed by atoms with Crippen molar-refractivity contribution in [3.05, 3.63) is 29.6 Å². The number of nitrogens with zero attached hydrogens (tertiary/aromatic N) is 6. The third kappa shape index (κ3) is 3.06. The molecule has 2 amide bonds. The van der Waals surface area contributed by atoms with E-state index in [1.807, 2.05) is 9.80 Å². The number of rotatable bonds is 5. The van der Waals surface area contributed by atoms with Gasteiger partial charge < -0.3 is 9.80 Å². The zero-order chi connectivity index (χ0) is 24.5. The first-order chi connectivity index (χ1) is 17.1. The topological polar surface area (TPSA) is 82.9 Å². The summed E-state index contributed by atoms with van der Waals surface area (Å²) in [6.07, 6.45) is 5.43. The van der Waals surface area contributed by atoms with Crippen molar-refractivity contribution in [2.75, 3.05) is 26.2 Å². The Morgan fingerprint density at radius 3 is 2.44 bits per heavy atom. The fourth-order valence-corrected chi connectivity index (χ4v) is 8.18. The van der Waals surface area contributed by atoms with Crippen molar-refractivity contribution in [3.63, 3.8) is 0 Å². The monoisotopic (exact) mass is 501 g/mol. The molecule has 0 atom stereocenters.